The smallest absolute Gasteiger partial charge is 0.182 e. The molecule has 0 bridgehead atoms. The number of pyridine rings is 1. The summed E-state index contributed by atoms with van der Waals surface area (Å²) in [6, 6.07) is 4.07. The fraction of sp³-hybridized carbons (Fsp3) is 0.455. The number of nitrogens with zero attached hydrogens (tertiary/aromatic N) is 2. The molecule has 0 spiro atoms. The lowest BCUT2D eigenvalue weighted by Crippen LogP contribution is -2.50. The van der Waals surface area contributed by atoms with Gasteiger partial charge in [-0.15, -0.1) is 0 Å². The van der Waals surface area contributed by atoms with Crippen LogP contribution in [-0.2, 0) is 5.66 Å². The molecule has 0 amide bonds. The number of hydrogen-bond acceptors (Lipinski definition) is 5. The first-order valence-electron chi connectivity index (χ1n) is 5.43. The van der Waals surface area contributed by atoms with Crippen LogP contribution >= 0.6 is 11.8 Å². The molecule has 16 heavy (non-hydrogen) atoms. The Morgan fingerprint density at radius 1 is 1.50 bits per heavy atom. The Kier molecular flexibility index (Phi) is 2.28. The topological polar surface area (TPSA) is 49.3 Å². The Morgan fingerprint density at radius 2 is 2.38 bits per heavy atom. The van der Waals surface area contributed by atoms with Crippen molar-refractivity contribution in [3.8, 4) is 0 Å². The minimum atomic E-state index is -0.216. The number of amidine groups is 1. The molecule has 1 aromatic rings. The van der Waals surface area contributed by atoms with E-state index in [4.69, 9.17) is 0 Å². The molecule has 2 heterocycles. The van der Waals surface area contributed by atoms with Crippen LogP contribution in [0.2, 0.25) is 0 Å². The molecular formula is C11H14N4S. The highest BCUT2D eigenvalue weighted by molar-refractivity contribution is 8.13. The molecular weight excluding hydrogens is 220 g/mol. The maximum atomic E-state index is 4.34. The fourth-order valence-corrected chi connectivity index (χ4v) is 2.54. The van der Waals surface area contributed by atoms with Gasteiger partial charge >= 0.3 is 0 Å². The molecule has 0 radical (unpaired) electrons. The van der Waals surface area contributed by atoms with Gasteiger partial charge in [-0.1, -0.05) is 17.8 Å². The number of hydrazone groups is 1. The summed E-state index contributed by atoms with van der Waals surface area (Å²) >= 11 is 1.63. The van der Waals surface area contributed by atoms with Gasteiger partial charge in [0.25, 0.3) is 0 Å². The summed E-state index contributed by atoms with van der Waals surface area (Å²) in [6.45, 7) is 0. The van der Waals surface area contributed by atoms with Crippen LogP contribution in [0.1, 0.15) is 18.4 Å². The molecule has 1 saturated carbocycles. The standard InChI is InChI=1S/C11H14N4S/c1-16-10-13-11(15-14-10,8-4-5-8)9-3-2-6-12-7-9/h2-3,6-8,15H,4-5H2,1H3,(H,13,14). The summed E-state index contributed by atoms with van der Waals surface area (Å²) < 4.78 is 0. The summed E-state index contributed by atoms with van der Waals surface area (Å²) in [5, 5.41) is 8.78. The molecule has 0 aromatic carbocycles. The summed E-state index contributed by atoms with van der Waals surface area (Å²) in [7, 11) is 0. The molecule has 1 fully saturated rings. The highest BCUT2D eigenvalue weighted by atomic mass is 32.2. The second-order valence-electron chi connectivity index (χ2n) is 4.18. The first kappa shape index (κ1) is 9.96. The SMILES string of the molecule is CSC1=NNC(c2cccnc2)(C2CC2)N1. The molecule has 1 aromatic heterocycles. The van der Waals surface area contributed by atoms with E-state index in [1.807, 2.05) is 18.5 Å². The Morgan fingerprint density at radius 3 is 2.94 bits per heavy atom. The van der Waals surface area contributed by atoms with Crippen LogP contribution in [-0.4, -0.2) is 16.4 Å². The number of nitrogens with one attached hydrogen (secondary N) is 2. The van der Waals surface area contributed by atoms with Crippen LogP contribution < -0.4 is 10.7 Å². The van der Waals surface area contributed by atoms with Gasteiger partial charge in [0, 0.05) is 23.9 Å². The van der Waals surface area contributed by atoms with Gasteiger partial charge < -0.3 is 5.32 Å². The van der Waals surface area contributed by atoms with Gasteiger partial charge in [0.2, 0.25) is 0 Å². The summed E-state index contributed by atoms with van der Waals surface area (Å²) in [4.78, 5) is 4.20. The molecule has 84 valence electrons. The quantitative estimate of drug-likeness (QED) is 0.813. The molecule has 4 nitrogen and oxygen atoms in total. The fourth-order valence-electron chi connectivity index (χ4n) is 2.14. The number of thioether (sulfide) groups is 1. The lowest BCUT2D eigenvalue weighted by atomic mass is 9.97. The lowest BCUT2D eigenvalue weighted by molar-refractivity contribution is 0.291. The van der Waals surface area contributed by atoms with E-state index in [-0.39, 0.29) is 5.66 Å². The first-order chi connectivity index (χ1) is 7.85. The van der Waals surface area contributed by atoms with Gasteiger partial charge in [-0.2, -0.15) is 5.10 Å². The van der Waals surface area contributed by atoms with E-state index in [0.29, 0.717) is 5.92 Å². The minimum absolute atomic E-state index is 0.216. The molecule has 3 rings (SSSR count). The van der Waals surface area contributed by atoms with Crippen LogP contribution in [0, 0.1) is 5.92 Å². The van der Waals surface area contributed by atoms with Crippen molar-refractivity contribution in [3.05, 3.63) is 30.1 Å². The van der Waals surface area contributed by atoms with E-state index in [1.54, 1.807) is 18.0 Å². The van der Waals surface area contributed by atoms with Crippen LogP contribution in [0.15, 0.2) is 29.6 Å². The predicted octanol–water partition coefficient (Wildman–Crippen LogP) is 1.47. The van der Waals surface area contributed by atoms with E-state index in [0.717, 1.165) is 5.17 Å². The zero-order chi connectivity index (χ0) is 11.0. The van der Waals surface area contributed by atoms with Gasteiger partial charge in [-0.3, -0.25) is 10.4 Å². The normalized spacial score (nSPS) is 28.2. The van der Waals surface area contributed by atoms with Gasteiger partial charge in [-0.05, 0) is 25.2 Å². The highest BCUT2D eigenvalue weighted by Gasteiger charge is 2.49. The molecule has 2 N–H and O–H groups in total. The average molecular weight is 234 g/mol. The third-order valence-corrected chi connectivity index (χ3v) is 3.72. The van der Waals surface area contributed by atoms with Crippen molar-refractivity contribution >= 4 is 16.9 Å². The predicted molar refractivity (Wildman–Crippen MR) is 65.9 cm³/mol. The van der Waals surface area contributed by atoms with Gasteiger partial charge in [0.15, 0.2) is 10.8 Å². The molecule has 1 aliphatic heterocycles. The second-order valence-corrected chi connectivity index (χ2v) is 4.98. The lowest BCUT2D eigenvalue weighted by Gasteiger charge is -2.30. The molecule has 2 aliphatic rings. The van der Waals surface area contributed by atoms with Gasteiger partial charge in [0.05, 0.1) is 0 Å². The molecule has 5 heteroatoms. The van der Waals surface area contributed by atoms with Crippen LogP contribution in [0.5, 0.6) is 0 Å². The van der Waals surface area contributed by atoms with Crippen molar-refractivity contribution in [1.82, 2.24) is 15.7 Å². The largest absolute Gasteiger partial charge is 0.336 e. The maximum absolute atomic E-state index is 4.34. The number of hydrogen-bond donors (Lipinski definition) is 2. The summed E-state index contributed by atoms with van der Waals surface area (Å²) in [5.74, 6) is 0.616. The Bertz CT molecular complexity index is 415. The van der Waals surface area contributed by atoms with Crippen molar-refractivity contribution < 1.29 is 0 Å². The monoisotopic (exact) mass is 234 g/mol. The van der Waals surface area contributed by atoms with Crippen molar-refractivity contribution in [2.75, 3.05) is 6.26 Å². The molecule has 1 unspecified atom stereocenters. The molecule has 0 saturated heterocycles. The van der Waals surface area contributed by atoms with E-state index in [1.165, 1.54) is 18.4 Å². The number of aromatic nitrogens is 1. The number of rotatable bonds is 2. The molecule has 1 atom stereocenters. The minimum Gasteiger partial charge on any atom is -0.336 e. The van der Waals surface area contributed by atoms with Crippen molar-refractivity contribution in [2.45, 2.75) is 18.5 Å². The zero-order valence-electron chi connectivity index (χ0n) is 9.10. The van der Waals surface area contributed by atoms with Crippen molar-refractivity contribution in [2.24, 2.45) is 11.0 Å². The van der Waals surface area contributed by atoms with E-state index >= 15 is 0 Å². The summed E-state index contributed by atoms with van der Waals surface area (Å²) in [5.41, 5.74) is 4.22. The first-order valence-corrected chi connectivity index (χ1v) is 6.65. The maximum Gasteiger partial charge on any atom is 0.182 e. The third kappa shape index (κ3) is 1.46. The van der Waals surface area contributed by atoms with Crippen molar-refractivity contribution in [1.29, 1.82) is 0 Å². The second kappa shape index (κ2) is 3.66. The molecule has 1 aliphatic carbocycles. The third-order valence-electron chi connectivity index (χ3n) is 3.14. The Balaban J connectivity index is 1.94. The van der Waals surface area contributed by atoms with E-state index in [2.05, 4.69) is 26.9 Å². The average Bonchev–Trinajstić information content (AvgIpc) is 3.11. The van der Waals surface area contributed by atoms with Crippen LogP contribution in [0.25, 0.3) is 0 Å². The van der Waals surface area contributed by atoms with E-state index < -0.39 is 0 Å². The van der Waals surface area contributed by atoms with E-state index in [9.17, 15) is 0 Å². The van der Waals surface area contributed by atoms with Gasteiger partial charge in [0.1, 0.15) is 0 Å². The van der Waals surface area contributed by atoms with Crippen LogP contribution in [0.3, 0.4) is 0 Å². The summed E-state index contributed by atoms with van der Waals surface area (Å²) in [6.07, 6.45) is 8.23. The zero-order valence-corrected chi connectivity index (χ0v) is 9.92. The Labute approximate surface area is 98.9 Å². The highest BCUT2D eigenvalue weighted by Crippen LogP contribution is 2.45. The Hall–Kier alpha value is -1.23. The van der Waals surface area contributed by atoms with Gasteiger partial charge in [-0.25, -0.2) is 0 Å². The van der Waals surface area contributed by atoms with Crippen LogP contribution in [0.4, 0.5) is 0 Å². The van der Waals surface area contributed by atoms with Crippen molar-refractivity contribution in [3.63, 3.8) is 0 Å².